The van der Waals surface area contributed by atoms with Gasteiger partial charge < -0.3 is 14.2 Å². The zero-order valence-electron chi connectivity index (χ0n) is 37.4. The van der Waals surface area contributed by atoms with E-state index in [2.05, 4.69) is 27.7 Å². The van der Waals surface area contributed by atoms with Crippen LogP contribution in [0.15, 0.2) is 0 Å². The summed E-state index contributed by atoms with van der Waals surface area (Å²) in [6.07, 6.45) is 43.7. The fourth-order valence-electron chi connectivity index (χ4n) is 7.33. The molecule has 326 valence electrons. The van der Waals surface area contributed by atoms with Gasteiger partial charge in [0.15, 0.2) is 6.10 Å². The van der Waals surface area contributed by atoms with E-state index in [1.165, 1.54) is 167 Å². The first-order valence-corrected chi connectivity index (χ1v) is 24.4. The maximum absolute atomic E-state index is 12.7. The number of unbranched alkanes of at least 4 members (excludes halogenated alkanes) is 31. The molecule has 0 fully saturated rings. The summed E-state index contributed by atoms with van der Waals surface area (Å²) in [5, 5.41) is 0. The Kier molecular flexibility index (Phi) is 42.3. The fraction of sp³-hybridized carbons (Fsp3) is 0.939. The lowest BCUT2D eigenvalue weighted by Gasteiger charge is -2.18. The maximum Gasteiger partial charge on any atom is 0.306 e. The molecule has 0 aliphatic rings. The molecule has 0 saturated carbocycles. The van der Waals surface area contributed by atoms with E-state index >= 15 is 0 Å². The van der Waals surface area contributed by atoms with Gasteiger partial charge in [0.05, 0.1) is 0 Å². The highest BCUT2D eigenvalue weighted by Crippen LogP contribution is 2.16. The summed E-state index contributed by atoms with van der Waals surface area (Å²) in [6.45, 7) is 8.99. The van der Waals surface area contributed by atoms with E-state index in [0.717, 1.165) is 63.7 Å². The van der Waals surface area contributed by atoms with Gasteiger partial charge in [-0.3, -0.25) is 14.4 Å². The Morgan fingerprint density at radius 1 is 0.345 bits per heavy atom. The topological polar surface area (TPSA) is 78.9 Å². The zero-order chi connectivity index (χ0) is 40.3. The lowest BCUT2D eigenvalue weighted by molar-refractivity contribution is -0.167. The van der Waals surface area contributed by atoms with Crippen LogP contribution in [0.3, 0.4) is 0 Å². The molecule has 1 atom stereocenters. The van der Waals surface area contributed by atoms with Crippen molar-refractivity contribution < 1.29 is 28.6 Å². The average molecular weight is 779 g/mol. The molecule has 0 aliphatic heterocycles. The number of ether oxygens (including phenoxy) is 3. The van der Waals surface area contributed by atoms with Gasteiger partial charge in [0.25, 0.3) is 0 Å². The number of rotatable bonds is 44. The fourth-order valence-corrected chi connectivity index (χ4v) is 7.33. The molecule has 0 aromatic carbocycles. The number of esters is 3. The number of carbonyl (C=O) groups excluding carboxylic acids is 3. The minimum Gasteiger partial charge on any atom is -0.462 e. The summed E-state index contributed by atoms with van der Waals surface area (Å²) < 4.78 is 16.8. The van der Waals surface area contributed by atoms with E-state index in [-0.39, 0.29) is 31.1 Å². The largest absolute Gasteiger partial charge is 0.462 e. The standard InChI is InChI=1S/C49H94O6/c1-5-7-9-11-13-15-17-19-21-24-28-32-36-40-47(50)53-43-46(55-49(52)42-38-34-30-25-20-18-16-14-12-10-8-6-2)44-54-48(51)41-37-33-29-26-22-23-27-31-35-39-45(3)4/h45-46H,5-44H2,1-4H3/t46-/m1/s1. The lowest BCUT2D eigenvalue weighted by atomic mass is 10.0. The van der Waals surface area contributed by atoms with Crippen LogP contribution in [-0.2, 0) is 28.6 Å². The van der Waals surface area contributed by atoms with Crippen LogP contribution in [0.4, 0.5) is 0 Å². The molecule has 6 nitrogen and oxygen atoms in total. The predicted molar refractivity (Wildman–Crippen MR) is 233 cm³/mol. The third kappa shape index (κ3) is 43.4. The SMILES string of the molecule is CCCCCCCCCCCCCCCC(=O)OC[C@H](COC(=O)CCCCCCCCCCCC(C)C)OC(=O)CCCCCCCCCCCCCC. The van der Waals surface area contributed by atoms with Crippen molar-refractivity contribution in [2.75, 3.05) is 13.2 Å². The van der Waals surface area contributed by atoms with Crippen LogP contribution < -0.4 is 0 Å². The van der Waals surface area contributed by atoms with Gasteiger partial charge in [0.1, 0.15) is 13.2 Å². The lowest BCUT2D eigenvalue weighted by Crippen LogP contribution is -2.30. The molecule has 0 spiro atoms. The van der Waals surface area contributed by atoms with Gasteiger partial charge >= 0.3 is 17.9 Å². The van der Waals surface area contributed by atoms with Crippen LogP contribution >= 0.6 is 0 Å². The van der Waals surface area contributed by atoms with Gasteiger partial charge in [0.2, 0.25) is 0 Å². The van der Waals surface area contributed by atoms with Gasteiger partial charge in [-0.1, -0.05) is 233 Å². The molecule has 0 heterocycles. The Hall–Kier alpha value is -1.59. The zero-order valence-corrected chi connectivity index (χ0v) is 37.4. The van der Waals surface area contributed by atoms with Crippen LogP contribution in [0.2, 0.25) is 0 Å². The predicted octanol–water partition coefficient (Wildman–Crippen LogP) is 15.5. The molecule has 0 N–H and O–H groups in total. The van der Waals surface area contributed by atoms with Gasteiger partial charge in [-0.15, -0.1) is 0 Å². The van der Waals surface area contributed by atoms with Crippen molar-refractivity contribution in [1.82, 2.24) is 0 Å². The Morgan fingerprint density at radius 2 is 0.600 bits per heavy atom. The molecular weight excluding hydrogens is 685 g/mol. The molecule has 0 amide bonds. The highest BCUT2D eigenvalue weighted by Gasteiger charge is 2.19. The smallest absolute Gasteiger partial charge is 0.306 e. The summed E-state index contributed by atoms with van der Waals surface area (Å²) in [7, 11) is 0. The molecule has 0 rings (SSSR count). The second kappa shape index (κ2) is 43.5. The van der Waals surface area contributed by atoms with E-state index in [1.807, 2.05) is 0 Å². The first-order valence-electron chi connectivity index (χ1n) is 24.4. The van der Waals surface area contributed by atoms with Crippen LogP contribution in [0, 0.1) is 5.92 Å². The van der Waals surface area contributed by atoms with E-state index in [0.29, 0.717) is 19.3 Å². The monoisotopic (exact) mass is 779 g/mol. The summed E-state index contributed by atoms with van der Waals surface area (Å²) in [4.78, 5) is 37.8. The quantitative estimate of drug-likeness (QED) is 0.0348. The van der Waals surface area contributed by atoms with Crippen molar-refractivity contribution in [1.29, 1.82) is 0 Å². The Morgan fingerprint density at radius 3 is 0.891 bits per heavy atom. The first kappa shape index (κ1) is 53.4. The Bertz CT molecular complexity index is 826. The highest BCUT2D eigenvalue weighted by molar-refractivity contribution is 5.71. The molecule has 0 unspecified atom stereocenters. The molecule has 0 aromatic rings. The molecule has 0 aliphatic carbocycles. The van der Waals surface area contributed by atoms with Crippen LogP contribution in [0.25, 0.3) is 0 Å². The van der Waals surface area contributed by atoms with E-state index in [1.54, 1.807) is 0 Å². The van der Waals surface area contributed by atoms with Gasteiger partial charge in [0, 0.05) is 19.3 Å². The Labute approximate surface area is 342 Å². The molecule has 0 radical (unpaired) electrons. The highest BCUT2D eigenvalue weighted by atomic mass is 16.6. The summed E-state index contributed by atoms with van der Waals surface area (Å²) in [6, 6.07) is 0. The average Bonchev–Trinajstić information content (AvgIpc) is 3.17. The van der Waals surface area contributed by atoms with Crippen molar-refractivity contribution in [2.45, 2.75) is 278 Å². The normalized spacial score (nSPS) is 11.9. The summed E-state index contributed by atoms with van der Waals surface area (Å²) in [5.74, 6) is -0.0410. The van der Waals surface area contributed by atoms with Crippen molar-refractivity contribution in [2.24, 2.45) is 5.92 Å². The number of carbonyl (C=O) groups is 3. The second-order valence-corrected chi connectivity index (χ2v) is 17.2. The van der Waals surface area contributed by atoms with Crippen molar-refractivity contribution in [3.63, 3.8) is 0 Å². The van der Waals surface area contributed by atoms with Crippen LogP contribution in [0.5, 0.6) is 0 Å². The maximum atomic E-state index is 12.7. The molecule has 6 heteroatoms. The number of hydrogen-bond donors (Lipinski definition) is 0. The Balaban J connectivity index is 4.32. The minimum atomic E-state index is -0.759. The first-order chi connectivity index (χ1) is 26.9. The molecule has 0 aromatic heterocycles. The van der Waals surface area contributed by atoms with E-state index in [4.69, 9.17) is 14.2 Å². The van der Waals surface area contributed by atoms with Gasteiger partial charge in [-0.2, -0.15) is 0 Å². The van der Waals surface area contributed by atoms with Gasteiger partial charge in [-0.25, -0.2) is 0 Å². The number of hydrogen-bond acceptors (Lipinski definition) is 6. The van der Waals surface area contributed by atoms with Crippen LogP contribution in [0.1, 0.15) is 272 Å². The minimum absolute atomic E-state index is 0.0633. The van der Waals surface area contributed by atoms with Crippen molar-refractivity contribution >= 4 is 17.9 Å². The van der Waals surface area contributed by atoms with E-state index in [9.17, 15) is 14.4 Å². The van der Waals surface area contributed by atoms with Crippen LogP contribution in [-0.4, -0.2) is 37.2 Å². The molecule has 0 bridgehead atoms. The third-order valence-electron chi connectivity index (χ3n) is 11.0. The third-order valence-corrected chi connectivity index (χ3v) is 11.0. The van der Waals surface area contributed by atoms with Crippen molar-refractivity contribution in [3.05, 3.63) is 0 Å². The molecule has 0 saturated heterocycles. The second-order valence-electron chi connectivity index (χ2n) is 17.2. The summed E-state index contributed by atoms with van der Waals surface area (Å²) in [5.41, 5.74) is 0. The van der Waals surface area contributed by atoms with Gasteiger partial charge in [-0.05, 0) is 25.2 Å². The molecular formula is C49H94O6. The van der Waals surface area contributed by atoms with Crippen molar-refractivity contribution in [3.8, 4) is 0 Å². The van der Waals surface area contributed by atoms with E-state index < -0.39 is 6.10 Å². The summed E-state index contributed by atoms with van der Waals surface area (Å²) >= 11 is 0. The molecule has 55 heavy (non-hydrogen) atoms.